The first-order chi connectivity index (χ1) is 12.0. The Morgan fingerprint density at radius 2 is 2.04 bits per heavy atom. The molecule has 0 bridgehead atoms. The fraction of sp³-hybridized carbons (Fsp3) is 0.368. The van der Waals surface area contributed by atoms with Crippen molar-refractivity contribution in [1.29, 1.82) is 0 Å². The first-order valence-electron chi connectivity index (χ1n) is 8.51. The van der Waals surface area contributed by atoms with Gasteiger partial charge < -0.3 is 16.8 Å². The van der Waals surface area contributed by atoms with Crippen molar-refractivity contribution in [2.45, 2.75) is 37.1 Å². The molecule has 0 aliphatic heterocycles. The summed E-state index contributed by atoms with van der Waals surface area (Å²) < 4.78 is 0. The molecule has 1 saturated carbocycles. The summed E-state index contributed by atoms with van der Waals surface area (Å²) in [6.45, 7) is 0.579. The maximum absolute atomic E-state index is 12.3. The number of carbonyl (C=O) groups is 1. The predicted molar refractivity (Wildman–Crippen MR) is 101 cm³/mol. The van der Waals surface area contributed by atoms with Crippen LogP contribution in [-0.2, 0) is 5.41 Å². The third kappa shape index (κ3) is 3.94. The number of carbonyl (C=O) groups excluding carboxylic acids is 1. The highest BCUT2D eigenvalue weighted by Gasteiger charge is 2.36. The van der Waals surface area contributed by atoms with Crippen molar-refractivity contribution in [2.24, 2.45) is 5.73 Å². The van der Waals surface area contributed by atoms with Crippen LogP contribution >= 0.6 is 11.6 Å². The lowest BCUT2D eigenvalue weighted by molar-refractivity contribution is 0.0917. The summed E-state index contributed by atoms with van der Waals surface area (Å²) in [5.41, 5.74) is 13.3. The Kier molecular flexibility index (Phi) is 5.25. The molecule has 5 nitrogen and oxygen atoms in total. The lowest BCUT2D eigenvalue weighted by atomic mass is 9.68. The van der Waals surface area contributed by atoms with Crippen LogP contribution in [-0.4, -0.2) is 23.5 Å². The second-order valence-electron chi connectivity index (χ2n) is 6.71. The van der Waals surface area contributed by atoms with Gasteiger partial charge in [-0.05, 0) is 55.5 Å². The van der Waals surface area contributed by atoms with Crippen LogP contribution in [0.4, 0.5) is 5.82 Å². The van der Waals surface area contributed by atoms with Gasteiger partial charge in [-0.3, -0.25) is 4.79 Å². The lowest BCUT2D eigenvalue weighted by Gasteiger charge is -2.40. The van der Waals surface area contributed by atoms with Gasteiger partial charge in [0, 0.05) is 29.2 Å². The van der Waals surface area contributed by atoms with Gasteiger partial charge in [0.1, 0.15) is 5.82 Å². The number of halogens is 1. The Morgan fingerprint density at radius 1 is 1.28 bits per heavy atom. The van der Waals surface area contributed by atoms with E-state index < -0.39 is 0 Å². The molecular formula is C19H23ClN4O. The number of anilines is 1. The number of nitrogen functional groups attached to an aromatic ring is 1. The average molecular weight is 359 g/mol. The first kappa shape index (κ1) is 17.7. The van der Waals surface area contributed by atoms with Crippen LogP contribution in [0.2, 0.25) is 5.02 Å². The summed E-state index contributed by atoms with van der Waals surface area (Å²) in [7, 11) is 0. The van der Waals surface area contributed by atoms with E-state index in [4.69, 9.17) is 23.1 Å². The van der Waals surface area contributed by atoms with E-state index in [9.17, 15) is 4.79 Å². The van der Waals surface area contributed by atoms with Gasteiger partial charge in [0.15, 0.2) is 0 Å². The second kappa shape index (κ2) is 7.42. The van der Waals surface area contributed by atoms with Crippen molar-refractivity contribution >= 4 is 23.3 Å². The molecule has 1 aliphatic carbocycles. The third-order valence-corrected chi connectivity index (χ3v) is 5.39. The maximum Gasteiger partial charge on any atom is 0.253 e. The number of nitrogens with one attached hydrogen (secondary N) is 1. The minimum Gasteiger partial charge on any atom is -0.384 e. The number of nitrogens with two attached hydrogens (primary N) is 2. The summed E-state index contributed by atoms with van der Waals surface area (Å²) in [6.07, 6.45) is 5.13. The van der Waals surface area contributed by atoms with E-state index in [-0.39, 0.29) is 17.4 Å². The molecule has 0 saturated heterocycles. The Morgan fingerprint density at radius 3 is 2.64 bits per heavy atom. The van der Waals surface area contributed by atoms with E-state index in [2.05, 4.69) is 16.4 Å². The summed E-state index contributed by atoms with van der Waals surface area (Å²) in [6, 6.07) is 11.4. The number of nitrogens with zero attached hydrogens (tertiary/aromatic N) is 1. The van der Waals surface area contributed by atoms with Crippen LogP contribution in [0.15, 0.2) is 42.6 Å². The van der Waals surface area contributed by atoms with Crippen molar-refractivity contribution in [3.8, 4) is 0 Å². The SMILES string of the molecule is NCC1(c2cccc(Cl)c2)CCC(NC(=O)c2ccc(N)nc2)CC1. The minimum absolute atomic E-state index is 0.0606. The minimum atomic E-state index is -0.111. The van der Waals surface area contributed by atoms with Gasteiger partial charge in [0.05, 0.1) is 5.56 Å². The van der Waals surface area contributed by atoms with Gasteiger partial charge in [0.2, 0.25) is 0 Å². The summed E-state index contributed by atoms with van der Waals surface area (Å²) in [5.74, 6) is 0.295. The van der Waals surface area contributed by atoms with Gasteiger partial charge in [-0.15, -0.1) is 0 Å². The maximum atomic E-state index is 12.3. The lowest BCUT2D eigenvalue weighted by Crippen LogP contribution is -2.45. The Labute approximate surface area is 152 Å². The Balaban J connectivity index is 1.64. The van der Waals surface area contributed by atoms with Gasteiger partial charge in [0.25, 0.3) is 5.91 Å². The number of rotatable bonds is 4. The fourth-order valence-electron chi connectivity index (χ4n) is 3.55. The van der Waals surface area contributed by atoms with Gasteiger partial charge in [-0.2, -0.15) is 0 Å². The zero-order chi connectivity index (χ0) is 17.9. The van der Waals surface area contributed by atoms with E-state index in [0.29, 0.717) is 17.9 Å². The van der Waals surface area contributed by atoms with Gasteiger partial charge in [-0.25, -0.2) is 4.98 Å². The first-order valence-corrected chi connectivity index (χ1v) is 8.89. The molecule has 1 aromatic heterocycles. The molecule has 1 amide bonds. The molecule has 5 N–H and O–H groups in total. The number of hydrogen-bond donors (Lipinski definition) is 3. The summed E-state index contributed by atoms with van der Waals surface area (Å²) in [4.78, 5) is 16.3. The van der Waals surface area contributed by atoms with E-state index in [1.807, 2.05) is 18.2 Å². The van der Waals surface area contributed by atoms with E-state index in [1.54, 1.807) is 12.1 Å². The molecule has 0 spiro atoms. The molecule has 1 aromatic carbocycles. The molecule has 2 aromatic rings. The topological polar surface area (TPSA) is 94.0 Å². The van der Waals surface area contributed by atoms with Crippen molar-refractivity contribution in [3.63, 3.8) is 0 Å². The molecule has 0 unspecified atom stereocenters. The predicted octanol–water partition coefficient (Wildman–Crippen LogP) is 2.89. The molecule has 1 aliphatic rings. The highest BCUT2D eigenvalue weighted by atomic mass is 35.5. The number of pyridine rings is 1. The van der Waals surface area contributed by atoms with E-state index >= 15 is 0 Å². The van der Waals surface area contributed by atoms with Crippen molar-refractivity contribution in [1.82, 2.24) is 10.3 Å². The third-order valence-electron chi connectivity index (χ3n) is 5.15. The normalized spacial score (nSPS) is 23.2. The van der Waals surface area contributed by atoms with Crippen LogP contribution < -0.4 is 16.8 Å². The molecule has 0 atom stereocenters. The summed E-state index contributed by atoms with van der Waals surface area (Å²) >= 11 is 6.15. The highest BCUT2D eigenvalue weighted by Crippen LogP contribution is 2.39. The highest BCUT2D eigenvalue weighted by molar-refractivity contribution is 6.30. The largest absolute Gasteiger partial charge is 0.384 e. The van der Waals surface area contributed by atoms with E-state index in [1.165, 1.54) is 11.8 Å². The molecule has 0 radical (unpaired) electrons. The Hall–Kier alpha value is -2.11. The molecule has 1 fully saturated rings. The van der Waals surface area contributed by atoms with Crippen LogP contribution in [0.25, 0.3) is 0 Å². The smallest absolute Gasteiger partial charge is 0.253 e. The fourth-order valence-corrected chi connectivity index (χ4v) is 3.74. The standard InChI is InChI=1S/C19H23ClN4O/c20-15-3-1-2-14(10-15)19(12-21)8-6-16(7-9-19)24-18(25)13-4-5-17(22)23-11-13/h1-5,10-11,16H,6-9,12,21H2,(H2,22,23)(H,24,25). The molecular weight excluding hydrogens is 336 g/mol. The van der Waals surface area contributed by atoms with Crippen LogP contribution in [0.3, 0.4) is 0 Å². The quantitative estimate of drug-likeness (QED) is 0.783. The van der Waals surface area contributed by atoms with Crippen molar-refractivity contribution in [2.75, 3.05) is 12.3 Å². The number of benzene rings is 1. The van der Waals surface area contributed by atoms with Crippen LogP contribution in [0.5, 0.6) is 0 Å². The zero-order valence-corrected chi connectivity index (χ0v) is 14.8. The second-order valence-corrected chi connectivity index (χ2v) is 7.15. The Bertz CT molecular complexity index is 739. The molecule has 1 heterocycles. The molecule has 6 heteroatoms. The summed E-state index contributed by atoms with van der Waals surface area (Å²) in [5, 5.41) is 3.83. The average Bonchev–Trinajstić information content (AvgIpc) is 2.63. The van der Waals surface area contributed by atoms with Gasteiger partial charge >= 0.3 is 0 Å². The monoisotopic (exact) mass is 358 g/mol. The van der Waals surface area contributed by atoms with Crippen LogP contribution in [0.1, 0.15) is 41.6 Å². The molecule has 3 rings (SSSR count). The van der Waals surface area contributed by atoms with E-state index in [0.717, 1.165) is 30.7 Å². The van der Waals surface area contributed by atoms with Crippen molar-refractivity contribution < 1.29 is 4.79 Å². The zero-order valence-electron chi connectivity index (χ0n) is 14.0. The molecule has 25 heavy (non-hydrogen) atoms. The number of aromatic nitrogens is 1. The molecule has 132 valence electrons. The van der Waals surface area contributed by atoms with Gasteiger partial charge in [-0.1, -0.05) is 23.7 Å². The van der Waals surface area contributed by atoms with Crippen molar-refractivity contribution in [3.05, 3.63) is 58.7 Å². The van der Waals surface area contributed by atoms with Crippen LogP contribution in [0, 0.1) is 0 Å². The number of amides is 1. The number of hydrogen-bond acceptors (Lipinski definition) is 4.